The number of rotatable bonds is 6. The topological polar surface area (TPSA) is 72.5 Å². The second kappa shape index (κ2) is 8.05. The van der Waals surface area contributed by atoms with Crippen LogP contribution in [-0.2, 0) is 0 Å². The van der Waals surface area contributed by atoms with Crippen molar-refractivity contribution in [2.24, 2.45) is 0 Å². The summed E-state index contributed by atoms with van der Waals surface area (Å²) < 4.78 is 23.4. The fourth-order valence-corrected chi connectivity index (χ4v) is 3.27. The first-order valence-corrected chi connectivity index (χ1v) is 8.84. The number of aryl methyl sites for hydroxylation is 1. The Bertz CT molecular complexity index is 935. The van der Waals surface area contributed by atoms with Crippen LogP contribution in [0.5, 0.6) is 11.5 Å². The van der Waals surface area contributed by atoms with Gasteiger partial charge in [0.05, 0.1) is 19.9 Å². The minimum absolute atomic E-state index is 0.285. The number of aromatic nitrogens is 1. The van der Waals surface area contributed by atoms with Crippen LogP contribution in [0.3, 0.4) is 0 Å². The number of nitrogens with one attached hydrogen (secondary N) is 2. The number of amides is 1. The molecule has 0 fully saturated rings. The molecule has 0 bridgehead atoms. The number of carbonyl (C=O) groups is 1. The highest BCUT2D eigenvalue weighted by Gasteiger charge is 2.16. The lowest BCUT2D eigenvalue weighted by Gasteiger charge is -2.09. The molecule has 1 heterocycles. The van der Waals surface area contributed by atoms with Crippen molar-refractivity contribution in [3.63, 3.8) is 0 Å². The number of benzene rings is 2. The Labute approximate surface area is 160 Å². The molecular weight excluding hydrogens is 369 g/mol. The van der Waals surface area contributed by atoms with Crippen molar-refractivity contribution in [3.8, 4) is 11.5 Å². The number of hydrogen-bond acceptors (Lipinski definition) is 6. The van der Waals surface area contributed by atoms with Crippen LogP contribution in [0, 0.1) is 12.7 Å². The fraction of sp³-hybridized carbons (Fsp3) is 0.158. The molecule has 0 atom stereocenters. The molecule has 140 valence electrons. The molecule has 0 unspecified atom stereocenters. The summed E-state index contributed by atoms with van der Waals surface area (Å²) in [6.45, 7) is 1.76. The van der Waals surface area contributed by atoms with Crippen molar-refractivity contribution in [2.75, 3.05) is 24.9 Å². The number of carbonyl (C=O) groups excluding carboxylic acids is 1. The van der Waals surface area contributed by atoms with Crippen LogP contribution in [-0.4, -0.2) is 25.1 Å². The summed E-state index contributed by atoms with van der Waals surface area (Å²) in [5.41, 5.74) is 1.84. The summed E-state index contributed by atoms with van der Waals surface area (Å²) in [5, 5.41) is 6.44. The van der Waals surface area contributed by atoms with E-state index in [4.69, 9.17) is 9.47 Å². The van der Waals surface area contributed by atoms with Crippen molar-refractivity contribution in [3.05, 3.63) is 58.9 Å². The molecule has 2 aromatic carbocycles. The molecule has 3 aromatic rings. The third-order valence-corrected chi connectivity index (χ3v) is 4.78. The Kier molecular flexibility index (Phi) is 5.56. The van der Waals surface area contributed by atoms with Crippen LogP contribution in [0.4, 0.5) is 20.9 Å². The van der Waals surface area contributed by atoms with Gasteiger partial charge in [-0.2, -0.15) is 0 Å². The highest BCUT2D eigenvalue weighted by Crippen LogP contribution is 2.29. The maximum Gasteiger partial charge on any atom is 0.267 e. The first kappa shape index (κ1) is 18.7. The molecule has 6 nitrogen and oxygen atoms in total. The number of methoxy groups -OCH3 is 2. The smallest absolute Gasteiger partial charge is 0.267 e. The number of ether oxygens (including phenoxy) is 2. The number of anilines is 3. The first-order chi connectivity index (χ1) is 13.0. The Balaban J connectivity index is 1.77. The zero-order valence-electron chi connectivity index (χ0n) is 15.0. The van der Waals surface area contributed by atoms with Crippen molar-refractivity contribution >= 4 is 33.8 Å². The van der Waals surface area contributed by atoms with E-state index in [1.807, 2.05) is 0 Å². The molecule has 1 amide bonds. The van der Waals surface area contributed by atoms with Crippen molar-refractivity contribution in [1.82, 2.24) is 4.98 Å². The van der Waals surface area contributed by atoms with Gasteiger partial charge in [-0.25, -0.2) is 9.37 Å². The minimum atomic E-state index is -0.315. The summed E-state index contributed by atoms with van der Waals surface area (Å²) in [5.74, 6) is 0.547. The predicted molar refractivity (Wildman–Crippen MR) is 104 cm³/mol. The molecule has 0 saturated carbocycles. The predicted octanol–water partition coefficient (Wildman–Crippen LogP) is 4.60. The van der Waals surface area contributed by atoms with Gasteiger partial charge in [-0.15, -0.1) is 0 Å². The number of hydrogen-bond donors (Lipinski definition) is 2. The second-order valence-electron chi connectivity index (χ2n) is 5.62. The fourth-order valence-electron chi connectivity index (χ4n) is 2.38. The normalized spacial score (nSPS) is 10.4. The van der Waals surface area contributed by atoms with E-state index in [2.05, 4.69) is 15.6 Å². The second-order valence-corrected chi connectivity index (χ2v) is 6.62. The maximum atomic E-state index is 13.0. The van der Waals surface area contributed by atoms with E-state index in [1.54, 1.807) is 51.5 Å². The van der Waals surface area contributed by atoms with E-state index >= 15 is 0 Å². The van der Waals surface area contributed by atoms with Crippen molar-refractivity contribution < 1.29 is 18.7 Å². The largest absolute Gasteiger partial charge is 0.497 e. The Hall–Kier alpha value is -3.13. The van der Waals surface area contributed by atoms with E-state index < -0.39 is 0 Å². The lowest BCUT2D eigenvalue weighted by atomic mass is 10.2. The first-order valence-electron chi connectivity index (χ1n) is 8.03. The molecule has 1 aromatic heterocycles. The van der Waals surface area contributed by atoms with Gasteiger partial charge < -0.3 is 20.1 Å². The molecule has 0 aliphatic rings. The van der Waals surface area contributed by atoms with Crippen LogP contribution in [0.25, 0.3) is 0 Å². The van der Waals surface area contributed by atoms with Gasteiger partial charge in [0.25, 0.3) is 5.91 Å². The average Bonchev–Trinajstić information content (AvgIpc) is 3.03. The summed E-state index contributed by atoms with van der Waals surface area (Å²) >= 11 is 1.22. The monoisotopic (exact) mass is 387 g/mol. The van der Waals surface area contributed by atoms with Gasteiger partial charge in [0.2, 0.25) is 0 Å². The lowest BCUT2D eigenvalue weighted by Crippen LogP contribution is -2.11. The molecule has 0 aliphatic heterocycles. The van der Waals surface area contributed by atoms with Crippen LogP contribution in [0.2, 0.25) is 0 Å². The van der Waals surface area contributed by atoms with E-state index in [9.17, 15) is 9.18 Å². The van der Waals surface area contributed by atoms with Crippen LogP contribution in [0.15, 0.2) is 42.5 Å². The molecule has 27 heavy (non-hydrogen) atoms. The van der Waals surface area contributed by atoms with Crippen LogP contribution in [0.1, 0.15) is 15.4 Å². The number of halogens is 1. The van der Waals surface area contributed by atoms with Gasteiger partial charge in [0, 0.05) is 29.6 Å². The summed E-state index contributed by atoms with van der Waals surface area (Å²) in [6.07, 6.45) is 0. The highest BCUT2D eigenvalue weighted by atomic mass is 32.1. The molecular formula is C19H18FN3O3S. The third kappa shape index (κ3) is 4.53. The molecule has 0 radical (unpaired) electrons. The molecule has 0 aliphatic carbocycles. The summed E-state index contributed by atoms with van der Waals surface area (Å²) in [7, 11) is 3.09. The quantitative estimate of drug-likeness (QED) is 0.647. The van der Waals surface area contributed by atoms with E-state index in [1.165, 1.54) is 23.5 Å². The molecule has 8 heteroatoms. The SMILES string of the molecule is COc1cc(NC(=O)c2sc(Nc3ccc(F)cc3)nc2C)cc(OC)c1. The van der Waals surface area contributed by atoms with E-state index in [0.29, 0.717) is 38.6 Å². The summed E-state index contributed by atoms with van der Waals surface area (Å²) in [6, 6.07) is 11.0. The van der Waals surface area contributed by atoms with Gasteiger partial charge in [-0.3, -0.25) is 4.79 Å². The third-order valence-electron chi connectivity index (χ3n) is 3.71. The zero-order chi connectivity index (χ0) is 19.4. The maximum absolute atomic E-state index is 13.0. The number of nitrogens with zero attached hydrogens (tertiary/aromatic N) is 1. The molecule has 2 N–H and O–H groups in total. The number of thiazole rings is 1. The van der Waals surface area contributed by atoms with E-state index in [-0.39, 0.29) is 11.7 Å². The minimum Gasteiger partial charge on any atom is -0.497 e. The standard InChI is InChI=1S/C19H18FN3O3S/c1-11-17(27-19(21-11)23-13-6-4-12(20)5-7-13)18(24)22-14-8-15(25-2)10-16(9-14)26-3/h4-10H,1-3H3,(H,21,23)(H,22,24). The molecule has 0 spiro atoms. The summed E-state index contributed by atoms with van der Waals surface area (Å²) in [4.78, 5) is 17.5. The van der Waals surface area contributed by atoms with Gasteiger partial charge in [0.1, 0.15) is 22.2 Å². The van der Waals surface area contributed by atoms with Crippen molar-refractivity contribution in [2.45, 2.75) is 6.92 Å². The Morgan fingerprint density at radius 3 is 2.26 bits per heavy atom. The van der Waals surface area contributed by atoms with Crippen LogP contribution >= 0.6 is 11.3 Å². The van der Waals surface area contributed by atoms with Gasteiger partial charge >= 0.3 is 0 Å². The molecule has 0 saturated heterocycles. The average molecular weight is 387 g/mol. The highest BCUT2D eigenvalue weighted by molar-refractivity contribution is 7.17. The molecule has 3 rings (SSSR count). The van der Waals surface area contributed by atoms with Gasteiger partial charge in [-0.1, -0.05) is 11.3 Å². The van der Waals surface area contributed by atoms with Gasteiger partial charge in [0.15, 0.2) is 5.13 Å². The lowest BCUT2D eigenvalue weighted by molar-refractivity contribution is 0.103. The Morgan fingerprint density at radius 2 is 1.67 bits per heavy atom. The van der Waals surface area contributed by atoms with Gasteiger partial charge in [-0.05, 0) is 31.2 Å². The zero-order valence-corrected chi connectivity index (χ0v) is 15.8. The van der Waals surface area contributed by atoms with Crippen molar-refractivity contribution in [1.29, 1.82) is 0 Å². The van der Waals surface area contributed by atoms with Crippen LogP contribution < -0.4 is 20.1 Å². The Morgan fingerprint density at radius 1 is 1.04 bits per heavy atom. The van der Waals surface area contributed by atoms with E-state index in [0.717, 1.165) is 0 Å².